The highest BCUT2D eigenvalue weighted by atomic mass is 19.4. The number of carbonyl (C=O) groups excluding carboxylic acids is 1. The van der Waals surface area contributed by atoms with E-state index >= 15 is 0 Å². The topological polar surface area (TPSA) is 61.8 Å². The molecule has 2 rings (SSSR count). The molecule has 0 aromatic heterocycles. The molecule has 0 aromatic carbocycles. The molecule has 2 aliphatic rings. The van der Waals surface area contributed by atoms with Crippen molar-refractivity contribution in [3.05, 3.63) is 0 Å². The van der Waals surface area contributed by atoms with E-state index in [1.165, 1.54) is 0 Å². The van der Waals surface area contributed by atoms with Crippen LogP contribution in [0.15, 0.2) is 0 Å². The van der Waals surface area contributed by atoms with Crippen molar-refractivity contribution in [2.24, 2.45) is 11.3 Å². The summed E-state index contributed by atoms with van der Waals surface area (Å²) >= 11 is 0. The van der Waals surface area contributed by atoms with E-state index in [0.29, 0.717) is 32.7 Å². The number of rotatable bonds is 5. The molecule has 1 unspecified atom stereocenters. The van der Waals surface area contributed by atoms with Crippen LogP contribution in [0.3, 0.4) is 0 Å². The van der Waals surface area contributed by atoms with Crippen LogP contribution in [-0.2, 0) is 9.53 Å². The van der Waals surface area contributed by atoms with Gasteiger partial charge in [-0.15, -0.1) is 0 Å². The van der Waals surface area contributed by atoms with Crippen molar-refractivity contribution >= 4 is 5.91 Å². The van der Waals surface area contributed by atoms with Gasteiger partial charge in [0.05, 0.1) is 31.2 Å². The molecule has 0 aliphatic carbocycles. The molecule has 2 saturated heterocycles. The largest absolute Gasteiger partial charge is 0.405 e. The Morgan fingerprint density at radius 2 is 2.14 bits per heavy atom. The van der Waals surface area contributed by atoms with Crippen molar-refractivity contribution in [2.75, 3.05) is 46.0 Å². The van der Waals surface area contributed by atoms with Crippen LogP contribution in [0, 0.1) is 11.3 Å². The maximum absolute atomic E-state index is 12.1. The summed E-state index contributed by atoms with van der Waals surface area (Å²) in [7, 11) is 0. The number of aliphatic hydroxyl groups is 1. The Bertz CT molecular complexity index is 367. The van der Waals surface area contributed by atoms with Gasteiger partial charge in [-0.25, -0.2) is 0 Å². The molecule has 0 radical (unpaired) electrons. The first-order valence-electron chi connectivity index (χ1n) is 7.09. The fourth-order valence-corrected chi connectivity index (χ4v) is 2.84. The first-order valence-corrected chi connectivity index (χ1v) is 7.09. The third-order valence-corrected chi connectivity index (χ3v) is 4.05. The van der Waals surface area contributed by atoms with Gasteiger partial charge in [0.15, 0.2) is 0 Å². The lowest BCUT2D eigenvalue weighted by Crippen LogP contribution is -2.55. The number of ether oxygens (including phenoxy) is 1. The van der Waals surface area contributed by atoms with Crippen LogP contribution in [-0.4, -0.2) is 68.1 Å². The fraction of sp³-hybridized carbons (Fsp3) is 0.923. The van der Waals surface area contributed by atoms with E-state index in [-0.39, 0.29) is 12.0 Å². The van der Waals surface area contributed by atoms with Gasteiger partial charge >= 0.3 is 6.18 Å². The third kappa shape index (κ3) is 4.55. The number of piperidine rings is 1. The lowest BCUT2D eigenvalue weighted by Gasteiger charge is -2.45. The van der Waals surface area contributed by atoms with Crippen molar-refractivity contribution in [2.45, 2.75) is 19.0 Å². The zero-order chi connectivity index (χ0) is 15.5. The summed E-state index contributed by atoms with van der Waals surface area (Å²) in [4.78, 5) is 13.8. The van der Waals surface area contributed by atoms with Gasteiger partial charge in [-0.2, -0.15) is 13.2 Å². The maximum Gasteiger partial charge on any atom is 0.405 e. The van der Waals surface area contributed by atoms with Crippen LogP contribution in [0.4, 0.5) is 13.2 Å². The Morgan fingerprint density at radius 1 is 1.43 bits per heavy atom. The molecular weight excluding hydrogens is 289 g/mol. The molecule has 8 heteroatoms. The summed E-state index contributed by atoms with van der Waals surface area (Å²) in [5.74, 6) is -0.960. The second kappa shape index (κ2) is 6.50. The van der Waals surface area contributed by atoms with E-state index in [9.17, 15) is 23.1 Å². The van der Waals surface area contributed by atoms with Crippen LogP contribution >= 0.6 is 0 Å². The minimum absolute atomic E-state index is 0.0223. The number of likely N-dealkylation sites (tertiary alicyclic amines) is 1. The zero-order valence-electron chi connectivity index (χ0n) is 11.8. The van der Waals surface area contributed by atoms with Crippen LogP contribution in [0.1, 0.15) is 12.8 Å². The van der Waals surface area contributed by atoms with Gasteiger partial charge in [0.2, 0.25) is 5.91 Å². The molecular formula is C13H21F3N2O3. The van der Waals surface area contributed by atoms with E-state index in [1.807, 2.05) is 10.2 Å². The number of nitrogens with zero attached hydrogens (tertiary/aromatic N) is 1. The van der Waals surface area contributed by atoms with Crippen LogP contribution in [0.25, 0.3) is 0 Å². The average Bonchev–Trinajstić information content (AvgIpc) is 2.40. The minimum atomic E-state index is -4.38. The van der Waals surface area contributed by atoms with Crippen LogP contribution in [0.2, 0.25) is 0 Å². The van der Waals surface area contributed by atoms with E-state index in [2.05, 4.69) is 0 Å². The van der Waals surface area contributed by atoms with Crippen LogP contribution < -0.4 is 5.32 Å². The number of hydrogen-bond acceptors (Lipinski definition) is 4. The quantitative estimate of drug-likeness (QED) is 0.771. The number of amides is 1. The first-order chi connectivity index (χ1) is 9.84. The molecule has 2 aliphatic heterocycles. The minimum Gasteiger partial charge on any atom is -0.396 e. The van der Waals surface area contributed by atoms with Crippen molar-refractivity contribution in [1.82, 2.24) is 10.2 Å². The molecule has 2 fully saturated rings. The monoisotopic (exact) mass is 310 g/mol. The number of nitrogens with one attached hydrogen (secondary N) is 1. The van der Waals surface area contributed by atoms with Crippen molar-refractivity contribution < 1.29 is 27.8 Å². The predicted molar refractivity (Wildman–Crippen MR) is 68.6 cm³/mol. The normalized spacial score (nSPS) is 26.2. The zero-order valence-corrected chi connectivity index (χ0v) is 11.8. The molecule has 2 N–H and O–H groups in total. The Balaban J connectivity index is 1.81. The number of aliphatic hydroxyl groups excluding tert-OH is 1. The standard InChI is InChI=1S/C13H21F3N2O3/c14-13(15,16)5-17-11(20)10-2-1-3-18(4-10)6-12(7-19)8-21-9-12/h10,19H,1-9H2,(H,17,20). The van der Waals surface area contributed by atoms with E-state index in [0.717, 1.165) is 13.0 Å². The molecule has 21 heavy (non-hydrogen) atoms. The van der Waals surface area contributed by atoms with Gasteiger partial charge in [0, 0.05) is 13.1 Å². The molecule has 1 amide bonds. The summed E-state index contributed by atoms with van der Waals surface area (Å²) in [6, 6.07) is 0. The molecule has 5 nitrogen and oxygen atoms in total. The second-order valence-corrected chi connectivity index (χ2v) is 6.06. The molecule has 0 aromatic rings. The highest BCUT2D eigenvalue weighted by Gasteiger charge is 2.41. The Kier molecular flexibility index (Phi) is 5.11. The number of halogens is 3. The molecule has 1 atom stereocenters. The van der Waals surface area contributed by atoms with Crippen LogP contribution in [0.5, 0.6) is 0 Å². The van der Waals surface area contributed by atoms with Crippen molar-refractivity contribution in [3.8, 4) is 0 Å². The van der Waals surface area contributed by atoms with E-state index in [4.69, 9.17) is 4.74 Å². The predicted octanol–water partition coefficient (Wildman–Crippen LogP) is 0.386. The number of hydrogen-bond donors (Lipinski definition) is 2. The van der Waals surface area contributed by atoms with E-state index in [1.54, 1.807) is 0 Å². The average molecular weight is 310 g/mol. The highest BCUT2D eigenvalue weighted by molar-refractivity contribution is 5.79. The number of alkyl halides is 3. The third-order valence-electron chi connectivity index (χ3n) is 4.05. The van der Waals surface area contributed by atoms with Crippen molar-refractivity contribution in [1.29, 1.82) is 0 Å². The number of carbonyl (C=O) groups is 1. The SMILES string of the molecule is O=C(NCC(F)(F)F)C1CCCN(CC2(CO)COC2)C1. The second-order valence-electron chi connectivity index (χ2n) is 6.06. The van der Waals surface area contributed by atoms with Crippen molar-refractivity contribution in [3.63, 3.8) is 0 Å². The van der Waals surface area contributed by atoms with Gasteiger partial charge in [-0.3, -0.25) is 4.79 Å². The molecule has 0 spiro atoms. The van der Waals surface area contributed by atoms with Gasteiger partial charge in [-0.05, 0) is 19.4 Å². The maximum atomic E-state index is 12.1. The summed E-state index contributed by atoms with van der Waals surface area (Å²) in [5.41, 5.74) is -0.273. The summed E-state index contributed by atoms with van der Waals surface area (Å²) in [5, 5.41) is 11.4. The lowest BCUT2D eigenvalue weighted by atomic mass is 9.85. The first kappa shape index (κ1) is 16.5. The lowest BCUT2D eigenvalue weighted by molar-refractivity contribution is -0.153. The van der Waals surface area contributed by atoms with Gasteiger partial charge in [0.25, 0.3) is 0 Å². The molecule has 2 heterocycles. The van der Waals surface area contributed by atoms with Gasteiger partial charge < -0.3 is 20.1 Å². The molecule has 0 bridgehead atoms. The summed E-state index contributed by atoms with van der Waals surface area (Å²) < 4.78 is 41.5. The summed E-state index contributed by atoms with van der Waals surface area (Å²) in [6.45, 7) is 1.57. The van der Waals surface area contributed by atoms with Gasteiger partial charge in [-0.1, -0.05) is 0 Å². The Morgan fingerprint density at radius 3 is 2.67 bits per heavy atom. The smallest absolute Gasteiger partial charge is 0.396 e. The molecule has 122 valence electrons. The fourth-order valence-electron chi connectivity index (χ4n) is 2.84. The Hall–Kier alpha value is -0.860. The highest BCUT2D eigenvalue weighted by Crippen LogP contribution is 2.30. The van der Waals surface area contributed by atoms with Gasteiger partial charge in [0.1, 0.15) is 6.54 Å². The summed E-state index contributed by atoms with van der Waals surface area (Å²) in [6.07, 6.45) is -3.01. The molecule has 0 saturated carbocycles. The van der Waals surface area contributed by atoms with E-state index < -0.39 is 24.5 Å². The Labute approximate surface area is 121 Å².